The van der Waals surface area contributed by atoms with Crippen LogP contribution in [0.4, 0.5) is 11.4 Å². The topological polar surface area (TPSA) is 79.4 Å². The van der Waals surface area contributed by atoms with Crippen molar-refractivity contribution in [3.05, 3.63) is 88.7 Å². The van der Waals surface area contributed by atoms with Crippen LogP contribution in [0.15, 0.2) is 66.9 Å². The molecule has 6 nitrogen and oxygen atoms in total. The Morgan fingerprint density at radius 1 is 0.963 bits per heavy atom. The second-order valence-corrected chi connectivity index (χ2v) is 6.29. The quantitative estimate of drug-likeness (QED) is 0.704. The summed E-state index contributed by atoms with van der Waals surface area (Å²) in [4.78, 5) is 42.2. The average molecular weight is 378 g/mol. The maximum Gasteiger partial charge on any atom is 0.284 e. The van der Waals surface area contributed by atoms with E-state index in [2.05, 4.69) is 10.3 Å². The Bertz CT molecular complexity index is 1040. The Hall–Kier alpha value is -3.51. The van der Waals surface area contributed by atoms with Crippen LogP contribution in [0.3, 0.4) is 0 Å². The number of amides is 3. The summed E-state index contributed by atoms with van der Waals surface area (Å²) in [7, 11) is 0. The van der Waals surface area contributed by atoms with E-state index in [1.165, 1.54) is 6.20 Å². The highest BCUT2D eigenvalue weighted by Gasteiger charge is 2.37. The molecule has 3 aromatic rings. The molecule has 0 bridgehead atoms. The van der Waals surface area contributed by atoms with E-state index in [9.17, 15) is 14.4 Å². The molecule has 0 saturated carbocycles. The molecule has 2 aromatic carbocycles. The van der Waals surface area contributed by atoms with E-state index in [0.717, 1.165) is 4.90 Å². The summed E-state index contributed by atoms with van der Waals surface area (Å²) < 4.78 is 0. The minimum absolute atomic E-state index is 0.140. The highest BCUT2D eigenvalue weighted by Crippen LogP contribution is 2.28. The maximum atomic E-state index is 12.5. The fourth-order valence-electron chi connectivity index (χ4n) is 2.83. The van der Waals surface area contributed by atoms with Gasteiger partial charge in [-0.1, -0.05) is 17.7 Å². The summed E-state index contributed by atoms with van der Waals surface area (Å²) in [5.74, 6) is -1.19. The minimum Gasteiger partial charge on any atom is -0.322 e. The number of carbonyl (C=O) groups is 3. The lowest BCUT2D eigenvalue weighted by Gasteiger charge is -2.14. The Morgan fingerprint density at radius 3 is 2.44 bits per heavy atom. The van der Waals surface area contributed by atoms with E-state index in [1.54, 1.807) is 60.7 Å². The molecule has 0 aliphatic carbocycles. The number of anilines is 2. The van der Waals surface area contributed by atoms with Gasteiger partial charge in [0.05, 0.1) is 11.3 Å². The summed E-state index contributed by atoms with van der Waals surface area (Å²) in [6.07, 6.45) is 1.47. The van der Waals surface area contributed by atoms with Crippen LogP contribution in [-0.4, -0.2) is 22.7 Å². The molecular formula is C20H12ClN3O3. The van der Waals surface area contributed by atoms with Crippen LogP contribution < -0.4 is 10.2 Å². The second kappa shape index (κ2) is 6.66. The van der Waals surface area contributed by atoms with Gasteiger partial charge < -0.3 is 5.32 Å². The van der Waals surface area contributed by atoms with E-state index >= 15 is 0 Å². The lowest BCUT2D eigenvalue weighted by atomic mass is 10.2. The number of rotatable bonds is 3. The Labute approximate surface area is 159 Å². The molecular weight excluding hydrogens is 366 g/mol. The van der Waals surface area contributed by atoms with Crippen molar-refractivity contribution in [2.75, 3.05) is 10.2 Å². The molecule has 7 heteroatoms. The molecule has 0 radical (unpaired) electrons. The van der Waals surface area contributed by atoms with Crippen molar-refractivity contribution >= 4 is 40.7 Å². The molecule has 3 amide bonds. The predicted octanol–water partition coefficient (Wildman–Crippen LogP) is 3.79. The van der Waals surface area contributed by atoms with Crippen molar-refractivity contribution in [3.63, 3.8) is 0 Å². The Balaban J connectivity index is 1.54. The second-order valence-electron chi connectivity index (χ2n) is 5.86. The third-order valence-electron chi connectivity index (χ3n) is 4.12. The molecule has 1 aromatic heterocycles. The zero-order valence-corrected chi connectivity index (χ0v) is 14.6. The standard InChI is InChI=1S/C20H12ClN3O3/c21-13-4-1-3-12(11-13)18(25)23-14-6-8-15(9-7-14)24-19(26)16-5-2-10-22-17(16)20(24)27/h1-11H,(H,23,25). The van der Waals surface area contributed by atoms with Gasteiger partial charge >= 0.3 is 0 Å². The van der Waals surface area contributed by atoms with Gasteiger partial charge in [0.1, 0.15) is 5.69 Å². The van der Waals surface area contributed by atoms with E-state index < -0.39 is 11.8 Å². The van der Waals surface area contributed by atoms with Crippen LogP contribution >= 0.6 is 11.6 Å². The maximum absolute atomic E-state index is 12.5. The van der Waals surface area contributed by atoms with Crippen molar-refractivity contribution in [3.8, 4) is 0 Å². The highest BCUT2D eigenvalue weighted by atomic mass is 35.5. The highest BCUT2D eigenvalue weighted by molar-refractivity contribution is 6.33. The van der Waals surface area contributed by atoms with Gasteiger partial charge in [-0.15, -0.1) is 0 Å². The third-order valence-corrected chi connectivity index (χ3v) is 4.35. The predicted molar refractivity (Wildman–Crippen MR) is 101 cm³/mol. The number of benzene rings is 2. The van der Waals surface area contributed by atoms with Crippen LogP contribution in [0.2, 0.25) is 5.02 Å². The van der Waals surface area contributed by atoms with E-state index in [1.807, 2.05) is 0 Å². The lowest BCUT2D eigenvalue weighted by Crippen LogP contribution is -2.29. The molecule has 1 N–H and O–H groups in total. The summed E-state index contributed by atoms with van der Waals surface area (Å²) in [5.41, 5.74) is 1.78. The van der Waals surface area contributed by atoms with Crippen LogP contribution in [-0.2, 0) is 0 Å². The first-order valence-electron chi connectivity index (χ1n) is 8.05. The first-order valence-corrected chi connectivity index (χ1v) is 8.43. The normalized spacial score (nSPS) is 12.9. The number of nitrogens with zero attached hydrogens (tertiary/aromatic N) is 2. The van der Waals surface area contributed by atoms with Crippen LogP contribution in [0.5, 0.6) is 0 Å². The molecule has 0 fully saturated rings. The van der Waals surface area contributed by atoms with Gasteiger partial charge in [-0.05, 0) is 54.6 Å². The molecule has 4 rings (SSSR count). The summed E-state index contributed by atoms with van der Waals surface area (Å²) >= 11 is 5.90. The van der Waals surface area contributed by atoms with Crippen LogP contribution in [0.1, 0.15) is 31.2 Å². The zero-order chi connectivity index (χ0) is 19.0. The van der Waals surface area contributed by atoms with Gasteiger partial charge in [-0.2, -0.15) is 0 Å². The molecule has 1 aliphatic heterocycles. The van der Waals surface area contributed by atoms with Gasteiger partial charge in [-0.3, -0.25) is 19.4 Å². The Morgan fingerprint density at radius 2 is 1.74 bits per heavy atom. The van der Waals surface area contributed by atoms with Crippen molar-refractivity contribution in [2.24, 2.45) is 0 Å². The largest absolute Gasteiger partial charge is 0.322 e. The number of hydrogen-bond donors (Lipinski definition) is 1. The number of nitrogens with one attached hydrogen (secondary N) is 1. The number of fused-ring (bicyclic) bond motifs is 1. The van der Waals surface area contributed by atoms with Gasteiger partial charge in [0.15, 0.2) is 0 Å². The van der Waals surface area contributed by atoms with Gasteiger partial charge in [0.2, 0.25) is 0 Å². The third kappa shape index (κ3) is 3.07. The molecule has 0 spiro atoms. The summed E-state index contributed by atoms with van der Waals surface area (Å²) in [6, 6.07) is 16.2. The monoisotopic (exact) mass is 377 g/mol. The first-order chi connectivity index (χ1) is 13.0. The zero-order valence-electron chi connectivity index (χ0n) is 13.8. The molecule has 0 saturated heterocycles. The van der Waals surface area contributed by atoms with E-state index in [0.29, 0.717) is 22.0 Å². The fourth-order valence-corrected chi connectivity index (χ4v) is 3.02. The number of pyridine rings is 1. The van der Waals surface area contributed by atoms with E-state index in [4.69, 9.17) is 11.6 Å². The number of halogens is 1. The molecule has 132 valence electrons. The number of imide groups is 1. The van der Waals surface area contributed by atoms with E-state index in [-0.39, 0.29) is 17.2 Å². The Kier molecular flexibility index (Phi) is 4.18. The van der Waals surface area contributed by atoms with Crippen molar-refractivity contribution < 1.29 is 14.4 Å². The van der Waals surface area contributed by atoms with Crippen molar-refractivity contribution in [1.82, 2.24) is 4.98 Å². The number of carbonyl (C=O) groups excluding carboxylic acids is 3. The molecule has 0 unspecified atom stereocenters. The molecule has 27 heavy (non-hydrogen) atoms. The first kappa shape index (κ1) is 16.9. The van der Waals surface area contributed by atoms with Gasteiger partial charge in [-0.25, -0.2) is 4.90 Å². The number of aromatic nitrogens is 1. The molecule has 0 atom stereocenters. The summed E-state index contributed by atoms with van der Waals surface area (Å²) in [5, 5.41) is 3.21. The molecule has 1 aliphatic rings. The van der Waals surface area contributed by atoms with Gasteiger partial charge in [0.25, 0.3) is 17.7 Å². The number of hydrogen-bond acceptors (Lipinski definition) is 4. The van der Waals surface area contributed by atoms with Crippen LogP contribution in [0.25, 0.3) is 0 Å². The fraction of sp³-hybridized carbons (Fsp3) is 0. The minimum atomic E-state index is -0.466. The SMILES string of the molecule is O=C(Nc1ccc(N2C(=O)c3cccnc3C2=O)cc1)c1cccc(Cl)c1. The smallest absolute Gasteiger partial charge is 0.284 e. The van der Waals surface area contributed by atoms with Crippen LogP contribution in [0, 0.1) is 0 Å². The average Bonchev–Trinajstić information content (AvgIpc) is 2.93. The van der Waals surface area contributed by atoms with Crippen molar-refractivity contribution in [1.29, 1.82) is 0 Å². The molecule has 2 heterocycles. The lowest BCUT2D eigenvalue weighted by molar-refractivity contribution is 0.0923. The van der Waals surface area contributed by atoms with Crippen molar-refractivity contribution in [2.45, 2.75) is 0 Å². The van der Waals surface area contributed by atoms with Gasteiger partial charge in [0, 0.05) is 22.5 Å². The summed E-state index contributed by atoms with van der Waals surface area (Å²) in [6.45, 7) is 0.